The van der Waals surface area contributed by atoms with Gasteiger partial charge in [-0.2, -0.15) is 0 Å². The number of allylic oxidation sites excluding steroid dienone is 1. The molecule has 0 bridgehead atoms. The van der Waals surface area contributed by atoms with Crippen molar-refractivity contribution in [2.45, 2.75) is 38.0 Å². The zero-order valence-electron chi connectivity index (χ0n) is 10.4. The Morgan fingerprint density at radius 3 is 2.65 bits per heavy atom. The van der Waals surface area contributed by atoms with Crippen molar-refractivity contribution in [1.82, 2.24) is 4.98 Å². The van der Waals surface area contributed by atoms with Crippen LogP contribution < -0.4 is 4.74 Å². The van der Waals surface area contributed by atoms with E-state index in [-0.39, 0.29) is 0 Å². The summed E-state index contributed by atoms with van der Waals surface area (Å²) in [6, 6.07) is 4.30. The van der Waals surface area contributed by atoms with E-state index in [9.17, 15) is 0 Å². The van der Waals surface area contributed by atoms with Gasteiger partial charge < -0.3 is 4.74 Å². The normalized spacial score (nSPS) is 20.5. The molecule has 1 aromatic heterocycles. The van der Waals surface area contributed by atoms with Crippen LogP contribution in [0.2, 0.25) is 0 Å². The fraction of sp³-hybridized carbons (Fsp3) is 0.533. The molecule has 0 unspecified atom stereocenters. The minimum Gasteiger partial charge on any atom is -0.481 e. The molecule has 0 N–H and O–H groups in total. The average molecular weight is 229 g/mol. The second-order valence-electron chi connectivity index (χ2n) is 5.16. The quantitative estimate of drug-likeness (QED) is 0.783. The molecule has 2 nitrogen and oxygen atoms in total. The Labute approximate surface area is 103 Å². The van der Waals surface area contributed by atoms with Gasteiger partial charge in [-0.3, -0.25) is 0 Å². The summed E-state index contributed by atoms with van der Waals surface area (Å²) in [4.78, 5) is 4.57. The Balaban J connectivity index is 1.77. The molecule has 2 aliphatic rings. The standard InChI is InChI=1S/C15H19NO/c1-17-15-14(12-6-7-12)10-9-13(16-15)8-5-11-3-2-4-11/h5,8-12H,2-4,6-7H2,1H3/b8-5-. The number of hydrogen-bond donors (Lipinski definition) is 0. The van der Waals surface area contributed by atoms with E-state index in [0.717, 1.165) is 17.5 Å². The fourth-order valence-corrected chi connectivity index (χ4v) is 2.29. The molecule has 0 radical (unpaired) electrons. The Hall–Kier alpha value is -1.31. The Morgan fingerprint density at radius 1 is 1.24 bits per heavy atom. The van der Waals surface area contributed by atoms with Crippen LogP contribution in [-0.2, 0) is 0 Å². The van der Waals surface area contributed by atoms with Crippen molar-refractivity contribution in [3.05, 3.63) is 29.5 Å². The van der Waals surface area contributed by atoms with Gasteiger partial charge in [-0.05, 0) is 49.7 Å². The van der Waals surface area contributed by atoms with Crippen molar-refractivity contribution in [3.8, 4) is 5.88 Å². The predicted molar refractivity (Wildman–Crippen MR) is 69.1 cm³/mol. The van der Waals surface area contributed by atoms with Gasteiger partial charge in [0, 0.05) is 5.56 Å². The zero-order valence-corrected chi connectivity index (χ0v) is 10.4. The highest BCUT2D eigenvalue weighted by Gasteiger charge is 2.27. The summed E-state index contributed by atoms with van der Waals surface area (Å²) in [6.07, 6.45) is 11.1. The first-order chi connectivity index (χ1) is 8.36. The lowest BCUT2D eigenvalue weighted by Gasteiger charge is -2.21. The number of rotatable bonds is 4. The predicted octanol–water partition coefficient (Wildman–Crippen LogP) is 3.78. The summed E-state index contributed by atoms with van der Waals surface area (Å²) in [6.45, 7) is 0. The molecule has 0 amide bonds. The van der Waals surface area contributed by atoms with Crippen LogP contribution in [0.15, 0.2) is 18.2 Å². The third-order valence-corrected chi connectivity index (χ3v) is 3.81. The van der Waals surface area contributed by atoms with Gasteiger partial charge in [0.2, 0.25) is 5.88 Å². The first kappa shape index (κ1) is 10.8. The van der Waals surface area contributed by atoms with Gasteiger partial charge in [0.05, 0.1) is 12.8 Å². The van der Waals surface area contributed by atoms with Crippen LogP contribution in [-0.4, -0.2) is 12.1 Å². The highest BCUT2D eigenvalue weighted by atomic mass is 16.5. The lowest BCUT2D eigenvalue weighted by Crippen LogP contribution is -2.06. The number of ether oxygens (including phenoxy) is 1. The van der Waals surface area contributed by atoms with Crippen LogP contribution in [0.1, 0.15) is 49.3 Å². The van der Waals surface area contributed by atoms with Crippen LogP contribution in [0.25, 0.3) is 6.08 Å². The fourth-order valence-electron chi connectivity index (χ4n) is 2.29. The summed E-state index contributed by atoms with van der Waals surface area (Å²) in [5.41, 5.74) is 2.31. The molecule has 2 aliphatic carbocycles. The lowest BCUT2D eigenvalue weighted by molar-refractivity contribution is 0.388. The molecular weight excluding hydrogens is 210 g/mol. The maximum Gasteiger partial charge on any atom is 0.217 e. The molecule has 17 heavy (non-hydrogen) atoms. The van der Waals surface area contributed by atoms with Gasteiger partial charge >= 0.3 is 0 Å². The van der Waals surface area contributed by atoms with Crippen molar-refractivity contribution in [2.24, 2.45) is 5.92 Å². The Bertz CT molecular complexity index is 431. The van der Waals surface area contributed by atoms with Crippen LogP contribution in [0.3, 0.4) is 0 Å². The molecule has 2 saturated carbocycles. The van der Waals surface area contributed by atoms with Crippen molar-refractivity contribution in [1.29, 1.82) is 0 Å². The third kappa shape index (κ3) is 2.36. The first-order valence-corrected chi connectivity index (χ1v) is 6.60. The molecule has 0 aromatic carbocycles. The van der Waals surface area contributed by atoms with Crippen molar-refractivity contribution >= 4 is 6.08 Å². The first-order valence-electron chi connectivity index (χ1n) is 6.60. The average Bonchev–Trinajstić information content (AvgIpc) is 3.10. The number of aromatic nitrogens is 1. The molecule has 0 aliphatic heterocycles. The van der Waals surface area contributed by atoms with E-state index in [4.69, 9.17) is 4.74 Å². The van der Waals surface area contributed by atoms with E-state index in [1.54, 1.807) is 7.11 Å². The largest absolute Gasteiger partial charge is 0.481 e. The Morgan fingerprint density at radius 2 is 2.06 bits per heavy atom. The zero-order chi connectivity index (χ0) is 11.7. The van der Waals surface area contributed by atoms with Gasteiger partial charge in [-0.1, -0.05) is 18.6 Å². The summed E-state index contributed by atoms with van der Waals surface area (Å²) < 4.78 is 5.39. The molecule has 0 spiro atoms. The van der Waals surface area contributed by atoms with Gasteiger partial charge in [-0.25, -0.2) is 4.98 Å². The lowest BCUT2D eigenvalue weighted by atomic mass is 9.85. The van der Waals surface area contributed by atoms with E-state index in [1.165, 1.54) is 37.7 Å². The monoisotopic (exact) mass is 229 g/mol. The molecule has 0 saturated heterocycles. The molecule has 0 atom stereocenters. The van der Waals surface area contributed by atoms with Gasteiger partial charge in [0.1, 0.15) is 0 Å². The molecule has 3 rings (SSSR count). The summed E-state index contributed by atoms with van der Waals surface area (Å²) in [7, 11) is 1.72. The highest BCUT2D eigenvalue weighted by Crippen LogP contribution is 2.43. The molecular formula is C15H19NO. The van der Waals surface area contributed by atoms with Crippen LogP contribution in [0.5, 0.6) is 5.88 Å². The maximum atomic E-state index is 5.39. The minimum absolute atomic E-state index is 0.696. The molecule has 2 fully saturated rings. The molecule has 2 heteroatoms. The van der Waals surface area contributed by atoms with Crippen LogP contribution >= 0.6 is 0 Å². The van der Waals surface area contributed by atoms with Crippen LogP contribution in [0.4, 0.5) is 0 Å². The number of methoxy groups -OCH3 is 1. The second-order valence-corrected chi connectivity index (χ2v) is 5.16. The van der Waals surface area contributed by atoms with Crippen molar-refractivity contribution < 1.29 is 4.74 Å². The van der Waals surface area contributed by atoms with E-state index >= 15 is 0 Å². The van der Waals surface area contributed by atoms with Gasteiger partial charge in [0.25, 0.3) is 0 Å². The van der Waals surface area contributed by atoms with E-state index in [1.807, 2.05) is 0 Å². The van der Waals surface area contributed by atoms with Crippen LogP contribution in [0, 0.1) is 5.92 Å². The number of pyridine rings is 1. The number of nitrogens with zero attached hydrogens (tertiary/aromatic N) is 1. The maximum absolute atomic E-state index is 5.39. The van der Waals surface area contributed by atoms with Gasteiger partial charge in [-0.15, -0.1) is 0 Å². The van der Waals surface area contributed by atoms with Crippen molar-refractivity contribution in [3.63, 3.8) is 0 Å². The highest BCUT2D eigenvalue weighted by molar-refractivity contribution is 5.48. The van der Waals surface area contributed by atoms with E-state index in [0.29, 0.717) is 5.92 Å². The smallest absolute Gasteiger partial charge is 0.217 e. The molecule has 90 valence electrons. The Kier molecular flexibility index (Phi) is 2.87. The topological polar surface area (TPSA) is 22.1 Å². The molecule has 1 heterocycles. The summed E-state index contributed by atoms with van der Waals surface area (Å²) in [5, 5.41) is 0. The summed E-state index contributed by atoms with van der Waals surface area (Å²) in [5.74, 6) is 2.30. The SMILES string of the molecule is COc1nc(/C=C\C2CCC2)ccc1C1CC1. The van der Waals surface area contributed by atoms with E-state index < -0.39 is 0 Å². The van der Waals surface area contributed by atoms with Gasteiger partial charge in [0.15, 0.2) is 0 Å². The second kappa shape index (κ2) is 4.52. The third-order valence-electron chi connectivity index (χ3n) is 3.81. The van der Waals surface area contributed by atoms with Crippen molar-refractivity contribution in [2.75, 3.05) is 7.11 Å². The molecule has 1 aromatic rings. The summed E-state index contributed by atoms with van der Waals surface area (Å²) >= 11 is 0. The minimum atomic E-state index is 0.696. The number of hydrogen-bond acceptors (Lipinski definition) is 2. The van der Waals surface area contributed by atoms with E-state index in [2.05, 4.69) is 29.3 Å².